The lowest BCUT2D eigenvalue weighted by Crippen LogP contribution is -2.26. The van der Waals surface area contributed by atoms with Crippen molar-refractivity contribution < 1.29 is 38.1 Å². The lowest BCUT2D eigenvalue weighted by molar-refractivity contribution is -0.150. The van der Waals surface area contributed by atoms with Crippen molar-refractivity contribution in [3.05, 3.63) is 29.6 Å². The Morgan fingerprint density at radius 3 is 1.79 bits per heavy atom. The van der Waals surface area contributed by atoms with E-state index < -0.39 is 36.1 Å². The molecule has 0 bridgehead atoms. The average Bonchev–Trinajstić information content (AvgIpc) is 2.59. The molecule has 1 rings (SSSR count). The first kappa shape index (κ1) is 19.1. The quantitative estimate of drug-likeness (QED) is 0.539. The predicted octanol–water partition coefficient (Wildman–Crippen LogP) is 0.518. The summed E-state index contributed by atoms with van der Waals surface area (Å²) in [6.07, 6.45) is -1.07. The lowest BCUT2D eigenvalue weighted by Gasteiger charge is -2.11. The van der Waals surface area contributed by atoms with E-state index in [0.29, 0.717) is 0 Å². The first-order valence-electron chi connectivity index (χ1n) is 6.83. The molecule has 0 spiro atoms. The zero-order valence-electron chi connectivity index (χ0n) is 13.6. The highest BCUT2D eigenvalue weighted by atomic mass is 16.6. The van der Waals surface area contributed by atoms with Crippen LogP contribution in [-0.2, 0) is 28.5 Å². The fourth-order valence-electron chi connectivity index (χ4n) is 1.51. The van der Waals surface area contributed by atoms with Gasteiger partial charge in [-0.3, -0.25) is 0 Å². The highest BCUT2D eigenvalue weighted by Crippen LogP contribution is 2.08. The number of ether oxygens (including phenoxy) is 4. The Kier molecular flexibility index (Phi) is 6.84. The summed E-state index contributed by atoms with van der Waals surface area (Å²) in [4.78, 5) is 49.8. The molecule has 9 heteroatoms. The fourth-order valence-corrected chi connectivity index (χ4v) is 1.51. The van der Waals surface area contributed by atoms with Crippen LogP contribution in [0.2, 0.25) is 0 Å². The second kappa shape index (κ2) is 8.61. The highest BCUT2D eigenvalue weighted by molar-refractivity contribution is 5.93. The standard InChI is InChI=1S/C15H17NO8/c1-8(12(17)21-3)23-14(19)10-5-6-11(16-7-10)15(20)24-9(2)13(18)22-4/h5-9H,1-4H3. The van der Waals surface area contributed by atoms with E-state index in [1.54, 1.807) is 0 Å². The van der Waals surface area contributed by atoms with Gasteiger partial charge in [-0.15, -0.1) is 0 Å². The van der Waals surface area contributed by atoms with Crippen molar-refractivity contribution in [1.29, 1.82) is 0 Å². The van der Waals surface area contributed by atoms with Crippen LogP contribution in [-0.4, -0.2) is 55.3 Å². The molecule has 0 saturated carbocycles. The number of carbonyl (C=O) groups is 4. The number of methoxy groups -OCH3 is 2. The molecule has 9 nitrogen and oxygen atoms in total. The predicted molar refractivity (Wildman–Crippen MR) is 78.0 cm³/mol. The molecule has 0 N–H and O–H groups in total. The number of hydrogen-bond acceptors (Lipinski definition) is 9. The van der Waals surface area contributed by atoms with E-state index in [9.17, 15) is 19.2 Å². The Labute approximate surface area is 137 Å². The third kappa shape index (κ3) is 5.04. The summed E-state index contributed by atoms with van der Waals surface area (Å²) in [6.45, 7) is 2.71. The van der Waals surface area contributed by atoms with Crippen LogP contribution in [0.5, 0.6) is 0 Å². The Hall–Kier alpha value is -2.97. The molecule has 130 valence electrons. The van der Waals surface area contributed by atoms with Gasteiger partial charge in [-0.25, -0.2) is 24.2 Å². The van der Waals surface area contributed by atoms with Gasteiger partial charge >= 0.3 is 23.9 Å². The van der Waals surface area contributed by atoms with Crippen molar-refractivity contribution in [3.63, 3.8) is 0 Å². The van der Waals surface area contributed by atoms with E-state index in [1.165, 1.54) is 40.2 Å². The number of esters is 4. The molecule has 2 unspecified atom stereocenters. The fraction of sp³-hybridized carbons (Fsp3) is 0.400. The largest absolute Gasteiger partial charge is 0.466 e. The normalized spacial score (nSPS) is 12.5. The molecule has 0 saturated heterocycles. The average molecular weight is 339 g/mol. The van der Waals surface area contributed by atoms with Crippen molar-refractivity contribution in [1.82, 2.24) is 4.98 Å². The number of hydrogen-bond donors (Lipinski definition) is 0. The molecule has 1 aromatic rings. The summed E-state index contributed by atoms with van der Waals surface area (Å²) in [5.74, 6) is -3.06. The van der Waals surface area contributed by atoms with E-state index in [-0.39, 0.29) is 11.3 Å². The van der Waals surface area contributed by atoms with Gasteiger partial charge in [0.25, 0.3) is 0 Å². The maximum absolute atomic E-state index is 11.8. The van der Waals surface area contributed by atoms with Crippen molar-refractivity contribution in [2.24, 2.45) is 0 Å². The number of rotatable bonds is 6. The minimum Gasteiger partial charge on any atom is -0.466 e. The van der Waals surface area contributed by atoms with Gasteiger partial charge in [0.1, 0.15) is 5.69 Å². The molecule has 0 aromatic carbocycles. The maximum atomic E-state index is 11.8. The van der Waals surface area contributed by atoms with Crippen molar-refractivity contribution in [2.45, 2.75) is 26.1 Å². The smallest absolute Gasteiger partial charge is 0.357 e. The molecule has 0 aliphatic carbocycles. The Bertz CT molecular complexity index is 570. The van der Waals surface area contributed by atoms with Crippen molar-refractivity contribution in [2.75, 3.05) is 14.2 Å². The summed E-state index contributed by atoms with van der Waals surface area (Å²) >= 11 is 0. The van der Waals surface area contributed by atoms with Crippen LogP contribution in [0.1, 0.15) is 34.7 Å². The van der Waals surface area contributed by atoms with Crippen LogP contribution in [0.25, 0.3) is 0 Å². The third-order valence-corrected chi connectivity index (χ3v) is 2.84. The summed E-state index contributed by atoms with van der Waals surface area (Å²) in [6, 6.07) is 2.50. The second-order valence-corrected chi connectivity index (χ2v) is 4.57. The zero-order chi connectivity index (χ0) is 18.3. The van der Waals surface area contributed by atoms with Gasteiger partial charge in [0, 0.05) is 6.20 Å². The molecule has 1 aromatic heterocycles. The molecule has 0 amide bonds. The molecule has 0 fully saturated rings. The van der Waals surface area contributed by atoms with Crippen LogP contribution in [0, 0.1) is 0 Å². The molecule has 24 heavy (non-hydrogen) atoms. The number of nitrogens with zero attached hydrogens (tertiary/aromatic N) is 1. The molecule has 0 aliphatic rings. The van der Waals surface area contributed by atoms with Gasteiger partial charge in [0.15, 0.2) is 12.2 Å². The molecule has 0 radical (unpaired) electrons. The Morgan fingerprint density at radius 1 is 0.875 bits per heavy atom. The number of pyridine rings is 1. The van der Waals surface area contributed by atoms with E-state index in [0.717, 1.165) is 6.20 Å². The van der Waals surface area contributed by atoms with Crippen LogP contribution < -0.4 is 0 Å². The topological polar surface area (TPSA) is 118 Å². The first-order chi connectivity index (χ1) is 11.3. The number of aromatic nitrogens is 1. The maximum Gasteiger partial charge on any atom is 0.357 e. The van der Waals surface area contributed by atoms with E-state index >= 15 is 0 Å². The molecular formula is C15H17NO8. The lowest BCUT2D eigenvalue weighted by atomic mass is 10.2. The molecule has 1 heterocycles. The molecule has 2 atom stereocenters. The summed E-state index contributed by atoms with van der Waals surface area (Å²) in [5.41, 5.74) is -0.0772. The minimum atomic E-state index is -1.09. The first-order valence-corrected chi connectivity index (χ1v) is 6.83. The second-order valence-electron chi connectivity index (χ2n) is 4.57. The van der Waals surface area contributed by atoms with Gasteiger partial charge in [-0.05, 0) is 26.0 Å². The Balaban J connectivity index is 2.71. The van der Waals surface area contributed by atoms with E-state index in [4.69, 9.17) is 9.47 Å². The molecule has 0 aliphatic heterocycles. The van der Waals surface area contributed by atoms with E-state index in [1.807, 2.05) is 0 Å². The molecular weight excluding hydrogens is 322 g/mol. The van der Waals surface area contributed by atoms with Gasteiger partial charge in [-0.2, -0.15) is 0 Å². The summed E-state index contributed by atoms with van der Waals surface area (Å²) in [7, 11) is 2.34. The van der Waals surface area contributed by atoms with Gasteiger partial charge in [0.2, 0.25) is 0 Å². The van der Waals surface area contributed by atoms with Gasteiger partial charge in [-0.1, -0.05) is 0 Å². The zero-order valence-corrected chi connectivity index (χ0v) is 13.6. The van der Waals surface area contributed by atoms with Gasteiger partial charge in [0.05, 0.1) is 19.8 Å². The Morgan fingerprint density at radius 2 is 1.38 bits per heavy atom. The van der Waals surface area contributed by atoms with Crippen LogP contribution in [0.4, 0.5) is 0 Å². The summed E-state index contributed by atoms with van der Waals surface area (Å²) in [5, 5.41) is 0. The monoisotopic (exact) mass is 339 g/mol. The van der Waals surface area contributed by atoms with Crippen LogP contribution in [0.15, 0.2) is 18.3 Å². The highest BCUT2D eigenvalue weighted by Gasteiger charge is 2.22. The van der Waals surface area contributed by atoms with Crippen LogP contribution >= 0.6 is 0 Å². The van der Waals surface area contributed by atoms with Crippen LogP contribution in [0.3, 0.4) is 0 Å². The van der Waals surface area contributed by atoms with Gasteiger partial charge < -0.3 is 18.9 Å². The minimum absolute atomic E-state index is 0.0309. The van der Waals surface area contributed by atoms with Crippen molar-refractivity contribution >= 4 is 23.9 Å². The van der Waals surface area contributed by atoms with Crippen molar-refractivity contribution in [3.8, 4) is 0 Å². The SMILES string of the molecule is COC(=O)C(C)OC(=O)c1ccc(C(=O)OC(C)C(=O)OC)nc1. The number of carbonyl (C=O) groups excluding carboxylic acids is 4. The van der Waals surface area contributed by atoms with E-state index in [2.05, 4.69) is 14.5 Å². The summed E-state index contributed by atoms with van der Waals surface area (Å²) < 4.78 is 18.6. The third-order valence-electron chi connectivity index (χ3n) is 2.84.